The molecule has 9 heteroatoms. The van der Waals surface area contributed by atoms with Crippen LogP contribution < -0.4 is 20.1 Å². The van der Waals surface area contributed by atoms with Crippen molar-refractivity contribution >= 4 is 23.4 Å². The Kier molecular flexibility index (Phi) is 4.89. The summed E-state index contributed by atoms with van der Waals surface area (Å²) in [7, 11) is 3.09. The van der Waals surface area contributed by atoms with Gasteiger partial charge in [0.25, 0.3) is 0 Å². The second-order valence-electron chi connectivity index (χ2n) is 8.66. The van der Waals surface area contributed by atoms with E-state index in [4.69, 9.17) is 9.47 Å². The highest BCUT2D eigenvalue weighted by atomic mass is 19.1. The summed E-state index contributed by atoms with van der Waals surface area (Å²) in [6, 6.07) is 8.99. The number of rotatable bonds is 5. The molecule has 0 aromatic heterocycles. The first-order valence-electron chi connectivity index (χ1n) is 10.8. The van der Waals surface area contributed by atoms with E-state index in [0.717, 1.165) is 5.56 Å². The molecule has 8 nitrogen and oxygen atoms in total. The second kappa shape index (κ2) is 7.55. The number of likely N-dealkylation sites (tertiary alicyclic amines) is 1. The molecule has 2 N–H and O–H groups in total. The van der Waals surface area contributed by atoms with Gasteiger partial charge in [0, 0.05) is 23.8 Å². The minimum Gasteiger partial charge on any atom is -0.493 e. The van der Waals surface area contributed by atoms with Crippen molar-refractivity contribution in [3.8, 4) is 11.5 Å². The van der Waals surface area contributed by atoms with Crippen LogP contribution in [-0.2, 0) is 26.3 Å². The average molecular weight is 453 g/mol. The summed E-state index contributed by atoms with van der Waals surface area (Å²) in [6.45, 7) is 1.95. The maximum absolute atomic E-state index is 14.1. The van der Waals surface area contributed by atoms with Crippen LogP contribution >= 0.6 is 0 Å². The summed E-state index contributed by atoms with van der Waals surface area (Å²) < 4.78 is 24.7. The van der Waals surface area contributed by atoms with Crippen LogP contribution in [0.15, 0.2) is 36.4 Å². The maximum atomic E-state index is 14.1. The number of halogens is 1. The van der Waals surface area contributed by atoms with Crippen molar-refractivity contribution < 1.29 is 28.2 Å². The van der Waals surface area contributed by atoms with Gasteiger partial charge in [0.05, 0.1) is 26.1 Å². The number of nitrogens with one attached hydrogen (secondary N) is 2. The standard InChI is InChI=1S/C24H24FN3O5/c1-12-19-20(24(27-12)15-11-14(25)5-6-16(15)26-23(24)31)22(30)28(21(19)29)9-8-13-4-7-17(32-2)18(10-13)33-3/h4-7,10-12,19-20,27H,8-9H2,1-3H3,(H,26,31)/t12?,19-,20+,24?/m0/s1. The monoisotopic (exact) mass is 453 g/mol. The van der Waals surface area contributed by atoms with E-state index < -0.39 is 41.0 Å². The highest BCUT2D eigenvalue weighted by Crippen LogP contribution is 2.52. The van der Waals surface area contributed by atoms with Crippen LogP contribution in [0.25, 0.3) is 0 Å². The molecule has 2 fully saturated rings. The predicted octanol–water partition coefficient (Wildman–Crippen LogP) is 1.83. The zero-order chi connectivity index (χ0) is 23.5. The molecule has 3 amide bonds. The zero-order valence-corrected chi connectivity index (χ0v) is 18.5. The molecule has 0 bridgehead atoms. The number of anilines is 1. The van der Waals surface area contributed by atoms with Gasteiger partial charge in [-0.05, 0) is 49.2 Å². The molecule has 2 aromatic carbocycles. The van der Waals surface area contributed by atoms with Gasteiger partial charge in [0.15, 0.2) is 11.5 Å². The molecule has 2 unspecified atom stereocenters. The lowest BCUT2D eigenvalue weighted by atomic mass is 9.76. The first kappa shape index (κ1) is 21.4. The molecule has 0 saturated carbocycles. The first-order valence-corrected chi connectivity index (χ1v) is 10.8. The summed E-state index contributed by atoms with van der Waals surface area (Å²) >= 11 is 0. The van der Waals surface area contributed by atoms with Gasteiger partial charge in [-0.2, -0.15) is 0 Å². The highest BCUT2D eigenvalue weighted by molar-refractivity contribution is 6.15. The third kappa shape index (κ3) is 2.95. The minimum absolute atomic E-state index is 0.167. The number of ether oxygens (including phenoxy) is 2. The van der Waals surface area contributed by atoms with Crippen LogP contribution in [0.3, 0.4) is 0 Å². The molecule has 3 aliphatic rings. The molecular formula is C24H24FN3O5. The van der Waals surface area contributed by atoms with Gasteiger partial charge >= 0.3 is 0 Å². The largest absolute Gasteiger partial charge is 0.493 e. The van der Waals surface area contributed by atoms with Crippen LogP contribution in [0.5, 0.6) is 11.5 Å². The summed E-state index contributed by atoms with van der Waals surface area (Å²) in [5.74, 6) is -2.19. The van der Waals surface area contributed by atoms with E-state index in [-0.39, 0.29) is 12.5 Å². The van der Waals surface area contributed by atoms with Gasteiger partial charge in [-0.15, -0.1) is 0 Å². The number of methoxy groups -OCH3 is 2. The Morgan fingerprint density at radius 1 is 1.03 bits per heavy atom. The lowest BCUT2D eigenvalue weighted by Crippen LogP contribution is -2.53. The van der Waals surface area contributed by atoms with Crippen LogP contribution in [0.1, 0.15) is 18.1 Å². The van der Waals surface area contributed by atoms with E-state index in [0.29, 0.717) is 29.2 Å². The average Bonchev–Trinajstić information content (AvgIpc) is 3.36. The van der Waals surface area contributed by atoms with Crippen molar-refractivity contribution in [3.05, 3.63) is 53.3 Å². The first-order chi connectivity index (χ1) is 15.8. The number of carbonyl (C=O) groups is 3. The molecule has 5 rings (SSSR count). The smallest absolute Gasteiger partial charge is 0.250 e. The molecule has 2 aromatic rings. The predicted molar refractivity (Wildman–Crippen MR) is 116 cm³/mol. The number of benzene rings is 2. The van der Waals surface area contributed by atoms with Crippen molar-refractivity contribution in [2.75, 3.05) is 26.1 Å². The van der Waals surface area contributed by atoms with Crippen molar-refractivity contribution in [2.24, 2.45) is 11.8 Å². The Labute approximate surface area is 190 Å². The number of amides is 3. The molecule has 4 atom stereocenters. The van der Waals surface area contributed by atoms with Gasteiger partial charge in [-0.1, -0.05) is 6.07 Å². The Bertz CT molecular complexity index is 1180. The lowest BCUT2D eigenvalue weighted by molar-refractivity contribution is -0.142. The van der Waals surface area contributed by atoms with Crippen LogP contribution in [0, 0.1) is 17.7 Å². The fourth-order valence-corrected chi connectivity index (χ4v) is 5.49. The third-order valence-electron chi connectivity index (χ3n) is 6.99. The zero-order valence-electron chi connectivity index (χ0n) is 18.5. The third-order valence-corrected chi connectivity index (χ3v) is 6.99. The fourth-order valence-electron chi connectivity index (χ4n) is 5.49. The van der Waals surface area contributed by atoms with Gasteiger partial charge < -0.3 is 14.8 Å². The Morgan fingerprint density at radius 2 is 1.79 bits per heavy atom. The second-order valence-corrected chi connectivity index (χ2v) is 8.66. The quantitative estimate of drug-likeness (QED) is 0.671. The lowest BCUT2D eigenvalue weighted by Gasteiger charge is -2.29. The molecule has 0 radical (unpaired) electrons. The van der Waals surface area contributed by atoms with E-state index in [2.05, 4.69) is 10.6 Å². The number of carbonyl (C=O) groups excluding carboxylic acids is 3. The van der Waals surface area contributed by atoms with Crippen molar-refractivity contribution in [3.63, 3.8) is 0 Å². The van der Waals surface area contributed by atoms with Gasteiger partial charge in [0.2, 0.25) is 17.7 Å². The number of imide groups is 1. The van der Waals surface area contributed by atoms with Crippen LogP contribution in [-0.4, -0.2) is 49.4 Å². The normalized spacial score (nSPS) is 27.7. The fraction of sp³-hybridized carbons (Fsp3) is 0.375. The van der Waals surface area contributed by atoms with E-state index in [1.54, 1.807) is 26.2 Å². The van der Waals surface area contributed by atoms with Crippen molar-refractivity contribution in [1.82, 2.24) is 10.2 Å². The minimum atomic E-state index is -1.47. The van der Waals surface area contributed by atoms with Gasteiger partial charge in [-0.3, -0.25) is 24.6 Å². The Balaban J connectivity index is 1.45. The Morgan fingerprint density at radius 3 is 2.52 bits per heavy atom. The summed E-state index contributed by atoms with van der Waals surface area (Å²) in [5.41, 5.74) is 0.226. The number of hydrogen-bond donors (Lipinski definition) is 2. The van der Waals surface area contributed by atoms with Crippen LogP contribution in [0.2, 0.25) is 0 Å². The summed E-state index contributed by atoms with van der Waals surface area (Å²) in [4.78, 5) is 41.2. The molecule has 3 heterocycles. The van der Waals surface area contributed by atoms with Gasteiger partial charge in [-0.25, -0.2) is 4.39 Å². The SMILES string of the molecule is COc1ccc(CCN2C(=O)[C@H]3C(C)NC4(C(=O)Nc5ccc(F)cc54)[C@H]3C2=O)cc1OC. The number of hydrogen-bond acceptors (Lipinski definition) is 6. The highest BCUT2D eigenvalue weighted by Gasteiger charge is 2.69. The Hall–Kier alpha value is -3.46. The summed E-state index contributed by atoms with van der Waals surface area (Å²) in [6.07, 6.45) is 0.420. The number of nitrogens with zero attached hydrogens (tertiary/aromatic N) is 1. The molecule has 172 valence electrons. The van der Waals surface area contributed by atoms with E-state index in [1.165, 1.54) is 30.2 Å². The summed E-state index contributed by atoms with van der Waals surface area (Å²) in [5, 5.41) is 5.92. The number of fused-ring (bicyclic) bond motifs is 4. The maximum Gasteiger partial charge on any atom is 0.250 e. The van der Waals surface area contributed by atoms with Crippen molar-refractivity contribution in [2.45, 2.75) is 24.9 Å². The topological polar surface area (TPSA) is 97.0 Å². The van der Waals surface area contributed by atoms with E-state index in [9.17, 15) is 18.8 Å². The van der Waals surface area contributed by atoms with Gasteiger partial charge in [0.1, 0.15) is 11.4 Å². The van der Waals surface area contributed by atoms with Crippen molar-refractivity contribution in [1.29, 1.82) is 0 Å². The molecule has 0 aliphatic carbocycles. The van der Waals surface area contributed by atoms with E-state index >= 15 is 0 Å². The molecule has 1 spiro atoms. The molecule has 2 saturated heterocycles. The molecular weight excluding hydrogens is 429 g/mol. The van der Waals surface area contributed by atoms with E-state index in [1.807, 2.05) is 6.07 Å². The molecule has 3 aliphatic heterocycles. The van der Waals surface area contributed by atoms with Crippen LogP contribution in [0.4, 0.5) is 10.1 Å². The molecule has 33 heavy (non-hydrogen) atoms.